The number of guanidine groups is 1. The summed E-state index contributed by atoms with van der Waals surface area (Å²) in [6.07, 6.45) is -3.08. The van der Waals surface area contributed by atoms with E-state index in [1.165, 1.54) is 17.9 Å². The Morgan fingerprint density at radius 1 is 1.44 bits per heavy atom. The standard InChI is InChI=1S/C15H24F3N5S.HI/c1-5-19-13(23-6-7-24-14(2,3)10-23)20-8-11-9-22(4)21-12(11)15(16,17)18;/h9H,5-8,10H2,1-4H3,(H,19,20);1H. The van der Waals surface area contributed by atoms with Crippen molar-refractivity contribution in [1.29, 1.82) is 0 Å². The highest BCUT2D eigenvalue weighted by Crippen LogP contribution is 2.31. The van der Waals surface area contributed by atoms with Gasteiger partial charge in [0.2, 0.25) is 0 Å². The fraction of sp³-hybridized carbons (Fsp3) is 0.733. The predicted octanol–water partition coefficient (Wildman–Crippen LogP) is 3.35. The summed E-state index contributed by atoms with van der Waals surface area (Å²) in [5, 5.41) is 6.71. The highest BCUT2D eigenvalue weighted by molar-refractivity contribution is 14.0. The number of nitrogens with zero attached hydrogens (tertiary/aromatic N) is 4. The lowest BCUT2D eigenvalue weighted by Gasteiger charge is -2.39. The van der Waals surface area contributed by atoms with Gasteiger partial charge < -0.3 is 10.2 Å². The Morgan fingerprint density at radius 3 is 2.68 bits per heavy atom. The summed E-state index contributed by atoms with van der Waals surface area (Å²) >= 11 is 1.90. The minimum Gasteiger partial charge on any atom is -0.357 e. The minimum absolute atomic E-state index is 0. The molecular weight excluding hydrogens is 466 g/mol. The molecule has 0 aliphatic carbocycles. The molecule has 0 bridgehead atoms. The highest BCUT2D eigenvalue weighted by Gasteiger charge is 2.37. The average molecular weight is 491 g/mol. The monoisotopic (exact) mass is 491 g/mol. The minimum atomic E-state index is -4.46. The molecule has 2 rings (SSSR count). The average Bonchev–Trinajstić information content (AvgIpc) is 2.83. The van der Waals surface area contributed by atoms with Crippen molar-refractivity contribution in [3.05, 3.63) is 17.5 Å². The van der Waals surface area contributed by atoms with Gasteiger partial charge in [-0.3, -0.25) is 4.68 Å². The molecule has 2 heterocycles. The summed E-state index contributed by atoms with van der Waals surface area (Å²) in [7, 11) is 1.48. The molecule has 1 aromatic heterocycles. The summed E-state index contributed by atoms with van der Waals surface area (Å²) in [5.74, 6) is 1.63. The van der Waals surface area contributed by atoms with Crippen molar-refractivity contribution in [3.63, 3.8) is 0 Å². The van der Waals surface area contributed by atoms with Crippen molar-refractivity contribution in [3.8, 4) is 0 Å². The number of alkyl halides is 3. The van der Waals surface area contributed by atoms with Gasteiger partial charge in [0.05, 0.1) is 6.54 Å². The van der Waals surface area contributed by atoms with E-state index in [0.717, 1.165) is 18.8 Å². The van der Waals surface area contributed by atoms with Crippen molar-refractivity contribution in [1.82, 2.24) is 20.0 Å². The van der Waals surface area contributed by atoms with Gasteiger partial charge in [0.1, 0.15) is 0 Å². The van der Waals surface area contributed by atoms with E-state index in [0.29, 0.717) is 12.5 Å². The van der Waals surface area contributed by atoms with Crippen LogP contribution >= 0.6 is 35.7 Å². The smallest absolute Gasteiger partial charge is 0.357 e. The van der Waals surface area contributed by atoms with Crippen molar-refractivity contribution in [2.24, 2.45) is 12.0 Å². The number of thioether (sulfide) groups is 1. The molecule has 1 aliphatic heterocycles. The SMILES string of the molecule is CCNC(=NCc1cn(C)nc1C(F)(F)F)N1CCSC(C)(C)C1.I. The van der Waals surface area contributed by atoms with Gasteiger partial charge in [-0.05, 0) is 20.8 Å². The topological polar surface area (TPSA) is 45.5 Å². The van der Waals surface area contributed by atoms with E-state index in [2.05, 4.69) is 34.2 Å². The Morgan fingerprint density at radius 2 is 2.12 bits per heavy atom. The third-order valence-electron chi connectivity index (χ3n) is 3.63. The number of rotatable bonds is 3. The molecule has 0 amide bonds. The molecule has 1 fully saturated rings. The van der Waals surface area contributed by atoms with E-state index >= 15 is 0 Å². The first-order valence-electron chi connectivity index (χ1n) is 7.89. The zero-order chi connectivity index (χ0) is 18.0. The van der Waals surface area contributed by atoms with Crippen LogP contribution in [0, 0.1) is 0 Å². The summed E-state index contributed by atoms with van der Waals surface area (Å²) in [5.41, 5.74) is -0.773. The maximum Gasteiger partial charge on any atom is 0.435 e. The van der Waals surface area contributed by atoms with Gasteiger partial charge in [-0.2, -0.15) is 30.0 Å². The Balaban J connectivity index is 0.00000312. The molecule has 0 spiro atoms. The zero-order valence-corrected chi connectivity index (χ0v) is 18.0. The number of halogens is 4. The number of aliphatic imine (C=N–C) groups is 1. The lowest BCUT2D eigenvalue weighted by molar-refractivity contribution is -0.142. The van der Waals surface area contributed by atoms with Gasteiger partial charge in [-0.15, -0.1) is 24.0 Å². The molecule has 0 atom stereocenters. The lowest BCUT2D eigenvalue weighted by Crippen LogP contribution is -2.50. The molecular formula is C15H25F3IN5S. The molecule has 0 radical (unpaired) electrons. The van der Waals surface area contributed by atoms with Crippen LogP contribution in [0.1, 0.15) is 32.0 Å². The maximum atomic E-state index is 13.0. The van der Waals surface area contributed by atoms with E-state index < -0.39 is 11.9 Å². The van der Waals surface area contributed by atoms with E-state index in [-0.39, 0.29) is 40.8 Å². The second-order valence-corrected chi connectivity index (χ2v) is 8.18. The Kier molecular flexibility index (Phi) is 7.91. The van der Waals surface area contributed by atoms with Crippen LogP contribution in [0.3, 0.4) is 0 Å². The first-order chi connectivity index (χ1) is 11.1. The molecule has 1 N–H and O–H groups in total. The van der Waals surface area contributed by atoms with Gasteiger partial charge in [-0.25, -0.2) is 4.99 Å². The molecule has 5 nitrogen and oxygen atoms in total. The number of hydrogen-bond donors (Lipinski definition) is 1. The fourth-order valence-corrected chi connectivity index (χ4v) is 3.79. The van der Waals surface area contributed by atoms with Crippen LogP contribution in [0.2, 0.25) is 0 Å². The largest absolute Gasteiger partial charge is 0.435 e. The fourth-order valence-electron chi connectivity index (χ4n) is 2.68. The molecule has 1 aromatic rings. The predicted molar refractivity (Wildman–Crippen MR) is 107 cm³/mol. The second kappa shape index (κ2) is 8.83. The van der Waals surface area contributed by atoms with Crippen LogP contribution in [0.25, 0.3) is 0 Å². The quantitative estimate of drug-likeness (QED) is 0.401. The molecule has 1 saturated heterocycles. The Labute approximate surface area is 167 Å². The lowest BCUT2D eigenvalue weighted by atomic mass is 10.2. The van der Waals surface area contributed by atoms with Gasteiger partial charge in [0.25, 0.3) is 0 Å². The van der Waals surface area contributed by atoms with E-state index in [4.69, 9.17) is 0 Å². The third-order valence-corrected chi connectivity index (χ3v) is 4.93. The Hall–Kier alpha value is -0.650. The van der Waals surface area contributed by atoms with Crippen LogP contribution in [0.15, 0.2) is 11.2 Å². The van der Waals surface area contributed by atoms with Gasteiger partial charge in [0.15, 0.2) is 11.7 Å². The number of aryl methyl sites for hydroxylation is 1. The maximum absolute atomic E-state index is 13.0. The molecule has 10 heteroatoms. The molecule has 0 unspecified atom stereocenters. The molecule has 0 saturated carbocycles. The first kappa shape index (κ1) is 22.4. The Bertz CT molecular complexity index is 600. The van der Waals surface area contributed by atoms with Gasteiger partial charge in [0, 0.05) is 48.9 Å². The van der Waals surface area contributed by atoms with E-state index in [1.54, 1.807) is 0 Å². The van der Waals surface area contributed by atoms with Crippen molar-refractivity contribution in [2.75, 3.05) is 25.4 Å². The third kappa shape index (κ3) is 6.22. The molecule has 144 valence electrons. The van der Waals surface area contributed by atoms with E-state index in [1.807, 2.05) is 18.7 Å². The highest BCUT2D eigenvalue weighted by atomic mass is 127. The number of nitrogens with one attached hydrogen (secondary N) is 1. The van der Waals surface area contributed by atoms with Crippen molar-refractivity contribution >= 4 is 41.7 Å². The van der Waals surface area contributed by atoms with Crippen LogP contribution in [-0.2, 0) is 19.8 Å². The van der Waals surface area contributed by atoms with Gasteiger partial charge in [-0.1, -0.05) is 0 Å². The summed E-state index contributed by atoms with van der Waals surface area (Å²) in [6.45, 7) is 8.54. The zero-order valence-electron chi connectivity index (χ0n) is 14.9. The van der Waals surface area contributed by atoms with Crippen LogP contribution in [0.4, 0.5) is 13.2 Å². The summed E-state index contributed by atoms with van der Waals surface area (Å²) in [4.78, 5) is 6.54. The van der Waals surface area contributed by atoms with Gasteiger partial charge >= 0.3 is 6.18 Å². The van der Waals surface area contributed by atoms with E-state index in [9.17, 15) is 13.2 Å². The molecule has 1 aliphatic rings. The number of aromatic nitrogens is 2. The normalized spacial score (nSPS) is 18.0. The van der Waals surface area contributed by atoms with Crippen LogP contribution < -0.4 is 5.32 Å². The summed E-state index contributed by atoms with van der Waals surface area (Å²) < 4.78 is 40.4. The molecule has 25 heavy (non-hydrogen) atoms. The summed E-state index contributed by atoms with van der Waals surface area (Å²) in [6, 6.07) is 0. The van der Waals surface area contributed by atoms with Crippen molar-refractivity contribution in [2.45, 2.75) is 38.2 Å². The van der Waals surface area contributed by atoms with Crippen LogP contribution in [0.5, 0.6) is 0 Å². The molecule has 0 aromatic carbocycles. The second-order valence-electron chi connectivity index (χ2n) is 6.37. The van der Waals surface area contributed by atoms with Crippen molar-refractivity contribution < 1.29 is 13.2 Å². The number of hydrogen-bond acceptors (Lipinski definition) is 3. The van der Waals surface area contributed by atoms with Crippen LogP contribution in [-0.4, -0.2) is 50.8 Å². The first-order valence-corrected chi connectivity index (χ1v) is 8.88.